The van der Waals surface area contributed by atoms with Gasteiger partial charge in [0.25, 0.3) is 5.91 Å². The van der Waals surface area contributed by atoms with Gasteiger partial charge in [0.15, 0.2) is 5.76 Å². The van der Waals surface area contributed by atoms with Crippen molar-refractivity contribution >= 4 is 17.7 Å². The summed E-state index contributed by atoms with van der Waals surface area (Å²) in [6, 6.07) is 3.64. The van der Waals surface area contributed by atoms with E-state index < -0.39 is 0 Å². The maximum atomic E-state index is 12.6. The summed E-state index contributed by atoms with van der Waals surface area (Å²) in [5.74, 6) is 3.01. The highest BCUT2D eigenvalue weighted by molar-refractivity contribution is 7.99. The lowest BCUT2D eigenvalue weighted by atomic mass is 10.1. The number of furan rings is 1. The Morgan fingerprint density at radius 3 is 3.00 bits per heavy atom. The number of carbonyl (C=O) groups is 1. The Labute approximate surface area is 121 Å². The van der Waals surface area contributed by atoms with E-state index >= 15 is 0 Å². The van der Waals surface area contributed by atoms with Crippen LogP contribution in [0.4, 0.5) is 0 Å². The van der Waals surface area contributed by atoms with Gasteiger partial charge in [0.2, 0.25) is 0 Å². The van der Waals surface area contributed by atoms with Crippen LogP contribution in [0.2, 0.25) is 0 Å². The molecule has 5 nitrogen and oxygen atoms in total. The first-order valence-corrected chi connectivity index (χ1v) is 7.74. The van der Waals surface area contributed by atoms with Crippen LogP contribution in [0.5, 0.6) is 0 Å². The van der Waals surface area contributed by atoms with Gasteiger partial charge in [-0.3, -0.25) is 9.48 Å². The highest BCUT2D eigenvalue weighted by Crippen LogP contribution is 2.30. The molecule has 0 spiro atoms. The third kappa shape index (κ3) is 2.47. The summed E-state index contributed by atoms with van der Waals surface area (Å²) in [7, 11) is 1.89. The Kier molecular flexibility index (Phi) is 3.56. The van der Waals surface area contributed by atoms with Gasteiger partial charge in [0.1, 0.15) is 5.76 Å². The zero-order chi connectivity index (χ0) is 14.1. The molecule has 0 aromatic carbocycles. The Bertz CT molecular complexity index is 619. The summed E-state index contributed by atoms with van der Waals surface area (Å²) >= 11 is 1.87. The molecule has 1 amide bonds. The lowest BCUT2D eigenvalue weighted by Gasteiger charge is -2.34. The number of rotatable bonds is 2. The third-order valence-electron chi connectivity index (χ3n) is 3.45. The fourth-order valence-electron chi connectivity index (χ4n) is 2.43. The molecule has 20 heavy (non-hydrogen) atoms. The van der Waals surface area contributed by atoms with Crippen LogP contribution in [0.25, 0.3) is 0 Å². The summed E-state index contributed by atoms with van der Waals surface area (Å²) < 4.78 is 7.24. The lowest BCUT2D eigenvalue weighted by Crippen LogP contribution is -2.40. The number of amides is 1. The van der Waals surface area contributed by atoms with Crippen molar-refractivity contribution in [3.63, 3.8) is 0 Å². The number of hydrogen-bond acceptors (Lipinski definition) is 4. The first kappa shape index (κ1) is 13.3. The van der Waals surface area contributed by atoms with Crippen LogP contribution in [0.3, 0.4) is 0 Å². The second-order valence-electron chi connectivity index (χ2n) is 4.95. The number of aryl methyl sites for hydroxylation is 2. The van der Waals surface area contributed by atoms with Crippen molar-refractivity contribution in [3.05, 3.63) is 41.6 Å². The molecule has 1 saturated heterocycles. The molecule has 0 saturated carbocycles. The van der Waals surface area contributed by atoms with E-state index in [-0.39, 0.29) is 11.9 Å². The smallest absolute Gasteiger partial charge is 0.290 e. The van der Waals surface area contributed by atoms with E-state index in [0.717, 1.165) is 29.4 Å². The first-order chi connectivity index (χ1) is 9.65. The maximum Gasteiger partial charge on any atom is 0.290 e. The molecular weight excluding hydrogens is 274 g/mol. The van der Waals surface area contributed by atoms with Crippen LogP contribution in [0, 0.1) is 6.92 Å². The number of nitrogens with zero attached hydrogens (tertiary/aromatic N) is 3. The maximum absolute atomic E-state index is 12.6. The molecule has 1 atom stereocenters. The van der Waals surface area contributed by atoms with Crippen molar-refractivity contribution in [3.8, 4) is 0 Å². The minimum absolute atomic E-state index is 0.0350. The van der Waals surface area contributed by atoms with Crippen LogP contribution in [-0.4, -0.2) is 38.6 Å². The monoisotopic (exact) mass is 291 g/mol. The molecular formula is C14H17N3O2S. The van der Waals surface area contributed by atoms with Gasteiger partial charge in [0, 0.05) is 36.9 Å². The number of aromatic nitrogens is 2. The SMILES string of the molecule is Cc1ccc(C(=O)N2CCSC[C@H]2c2cnn(C)c2)o1. The minimum Gasteiger partial charge on any atom is -0.456 e. The predicted octanol–water partition coefficient (Wildman–Crippen LogP) is 2.25. The molecule has 0 unspecified atom stereocenters. The Morgan fingerprint density at radius 2 is 2.35 bits per heavy atom. The van der Waals surface area contributed by atoms with Gasteiger partial charge in [-0.25, -0.2) is 0 Å². The Hall–Kier alpha value is -1.69. The van der Waals surface area contributed by atoms with Crippen molar-refractivity contribution in [1.82, 2.24) is 14.7 Å². The van der Waals surface area contributed by atoms with E-state index in [0.29, 0.717) is 5.76 Å². The average molecular weight is 291 g/mol. The van der Waals surface area contributed by atoms with Crippen LogP contribution in [-0.2, 0) is 7.05 Å². The second kappa shape index (κ2) is 5.36. The zero-order valence-corrected chi connectivity index (χ0v) is 12.4. The number of thioether (sulfide) groups is 1. The van der Waals surface area contributed by atoms with Gasteiger partial charge in [-0.15, -0.1) is 0 Å². The molecule has 0 aliphatic carbocycles. The summed E-state index contributed by atoms with van der Waals surface area (Å²) in [4.78, 5) is 14.5. The fraction of sp³-hybridized carbons (Fsp3) is 0.429. The minimum atomic E-state index is -0.0350. The van der Waals surface area contributed by atoms with Gasteiger partial charge in [-0.05, 0) is 19.1 Å². The summed E-state index contributed by atoms with van der Waals surface area (Å²) in [6.07, 6.45) is 3.81. The molecule has 1 aliphatic heterocycles. The lowest BCUT2D eigenvalue weighted by molar-refractivity contribution is 0.0667. The molecule has 6 heteroatoms. The van der Waals surface area contributed by atoms with E-state index in [4.69, 9.17) is 4.42 Å². The average Bonchev–Trinajstić information content (AvgIpc) is 3.07. The summed E-state index contributed by atoms with van der Waals surface area (Å²) in [5.41, 5.74) is 1.08. The molecule has 1 fully saturated rings. The van der Waals surface area contributed by atoms with Crippen molar-refractivity contribution in [2.75, 3.05) is 18.1 Å². The molecule has 106 valence electrons. The molecule has 1 aliphatic rings. The predicted molar refractivity (Wildman–Crippen MR) is 77.8 cm³/mol. The van der Waals surface area contributed by atoms with Gasteiger partial charge < -0.3 is 9.32 Å². The quantitative estimate of drug-likeness (QED) is 0.851. The number of hydrogen-bond donors (Lipinski definition) is 0. The largest absolute Gasteiger partial charge is 0.456 e. The summed E-state index contributed by atoms with van der Waals surface area (Å²) in [6.45, 7) is 2.59. The normalized spacial score (nSPS) is 19.3. The molecule has 2 aromatic heterocycles. The molecule has 0 bridgehead atoms. The van der Waals surface area contributed by atoms with Crippen molar-refractivity contribution in [1.29, 1.82) is 0 Å². The van der Waals surface area contributed by atoms with E-state index in [1.807, 2.05) is 49.1 Å². The summed E-state index contributed by atoms with van der Waals surface area (Å²) in [5, 5.41) is 4.21. The van der Waals surface area contributed by atoms with E-state index in [9.17, 15) is 4.79 Å². The molecule has 0 N–H and O–H groups in total. The first-order valence-electron chi connectivity index (χ1n) is 6.59. The molecule has 0 radical (unpaired) electrons. The zero-order valence-electron chi connectivity index (χ0n) is 11.6. The third-order valence-corrected chi connectivity index (χ3v) is 4.47. The van der Waals surface area contributed by atoms with Crippen molar-refractivity contribution < 1.29 is 9.21 Å². The highest BCUT2D eigenvalue weighted by Gasteiger charge is 2.31. The van der Waals surface area contributed by atoms with Gasteiger partial charge in [0.05, 0.1) is 12.2 Å². The number of carbonyl (C=O) groups excluding carboxylic acids is 1. The van der Waals surface area contributed by atoms with Gasteiger partial charge >= 0.3 is 0 Å². The second-order valence-corrected chi connectivity index (χ2v) is 6.10. The van der Waals surface area contributed by atoms with Crippen molar-refractivity contribution in [2.45, 2.75) is 13.0 Å². The standard InChI is InChI=1S/C14H17N3O2S/c1-10-3-4-13(19-10)14(18)17-5-6-20-9-12(17)11-7-15-16(2)8-11/h3-4,7-8,12H,5-6,9H2,1-2H3/t12-/m0/s1. The van der Waals surface area contributed by atoms with Crippen LogP contribution >= 0.6 is 11.8 Å². The van der Waals surface area contributed by atoms with E-state index in [1.54, 1.807) is 10.7 Å². The fourth-order valence-corrected chi connectivity index (χ4v) is 3.51. The van der Waals surface area contributed by atoms with Gasteiger partial charge in [-0.1, -0.05) is 0 Å². The van der Waals surface area contributed by atoms with Crippen LogP contribution < -0.4 is 0 Å². The van der Waals surface area contributed by atoms with Crippen LogP contribution in [0.1, 0.15) is 27.9 Å². The van der Waals surface area contributed by atoms with E-state index in [1.165, 1.54) is 0 Å². The Morgan fingerprint density at radius 1 is 1.50 bits per heavy atom. The molecule has 3 heterocycles. The molecule has 3 rings (SSSR count). The highest BCUT2D eigenvalue weighted by atomic mass is 32.2. The van der Waals surface area contributed by atoms with Crippen molar-refractivity contribution in [2.24, 2.45) is 7.05 Å². The molecule has 2 aromatic rings. The Balaban J connectivity index is 1.87. The van der Waals surface area contributed by atoms with E-state index in [2.05, 4.69) is 5.10 Å². The van der Waals surface area contributed by atoms with Gasteiger partial charge in [-0.2, -0.15) is 16.9 Å². The van der Waals surface area contributed by atoms with Crippen LogP contribution in [0.15, 0.2) is 28.9 Å². The topological polar surface area (TPSA) is 51.3 Å².